The van der Waals surface area contributed by atoms with Crippen LogP contribution >= 0.6 is 11.8 Å². The molecule has 2 aromatic rings. The number of aryl methyl sites for hydroxylation is 1. The van der Waals surface area contributed by atoms with Crippen LogP contribution in [-0.4, -0.2) is 42.2 Å². The van der Waals surface area contributed by atoms with E-state index in [1.54, 1.807) is 45.2 Å². The average molecular weight is 379 g/mol. The second-order valence-corrected chi connectivity index (χ2v) is 6.71. The van der Waals surface area contributed by atoms with Gasteiger partial charge < -0.3 is 24.6 Å². The van der Waals surface area contributed by atoms with Crippen LogP contribution in [0.1, 0.15) is 12.7 Å². The van der Waals surface area contributed by atoms with Gasteiger partial charge in [-0.25, -0.2) is 0 Å². The number of thioether (sulfide) groups is 1. The summed E-state index contributed by atoms with van der Waals surface area (Å²) in [5.74, 6) is 1.70. The van der Waals surface area contributed by atoms with Crippen LogP contribution in [0.25, 0.3) is 0 Å². The zero-order valence-electron chi connectivity index (χ0n) is 15.0. The molecule has 0 aliphatic rings. The fraction of sp³-hybridized carbons (Fsp3) is 0.353. The fourth-order valence-corrected chi connectivity index (χ4v) is 2.70. The quantitative estimate of drug-likeness (QED) is 0.727. The Balaban J connectivity index is 1.85. The molecule has 1 heterocycles. The molecule has 0 saturated carbocycles. The summed E-state index contributed by atoms with van der Waals surface area (Å²) in [6.07, 6.45) is 0. The molecule has 1 aromatic heterocycles. The normalized spacial score (nSPS) is 11.5. The highest BCUT2D eigenvalue weighted by atomic mass is 32.2. The molecule has 0 bridgehead atoms. The van der Waals surface area contributed by atoms with Crippen LogP contribution in [0.15, 0.2) is 28.8 Å². The lowest BCUT2D eigenvalue weighted by Gasteiger charge is -2.13. The molecule has 1 atom stereocenters. The first-order chi connectivity index (χ1) is 12.4. The third kappa shape index (κ3) is 5.41. The first kappa shape index (κ1) is 19.6. The molecule has 2 rings (SSSR count). The Morgan fingerprint density at radius 3 is 2.62 bits per heavy atom. The van der Waals surface area contributed by atoms with Gasteiger partial charge in [0.2, 0.25) is 11.8 Å². The van der Waals surface area contributed by atoms with E-state index in [2.05, 4.69) is 15.8 Å². The van der Waals surface area contributed by atoms with Gasteiger partial charge in [-0.15, -0.1) is 11.8 Å². The maximum Gasteiger partial charge on any atom is 0.238 e. The number of hydrogen-bond acceptors (Lipinski definition) is 7. The van der Waals surface area contributed by atoms with Crippen LogP contribution in [0.4, 0.5) is 11.5 Å². The highest BCUT2D eigenvalue weighted by Crippen LogP contribution is 2.29. The fourth-order valence-electron chi connectivity index (χ4n) is 2.02. The van der Waals surface area contributed by atoms with Crippen LogP contribution in [0.5, 0.6) is 11.5 Å². The largest absolute Gasteiger partial charge is 0.497 e. The van der Waals surface area contributed by atoms with E-state index < -0.39 is 5.25 Å². The summed E-state index contributed by atoms with van der Waals surface area (Å²) in [4.78, 5) is 24.2. The number of nitrogens with zero attached hydrogens (tertiary/aromatic N) is 1. The Hall–Kier alpha value is -2.68. The standard InChI is InChI=1S/C17H21N3O5S/c1-10-7-15(20-25-10)19-17(22)11(2)26-9-16(21)18-13-6-5-12(23-3)8-14(13)24-4/h5-8,11H,9H2,1-4H3,(H,18,21)(H,19,20,22)/t11-/m0/s1. The molecule has 1 aromatic carbocycles. The third-order valence-electron chi connectivity index (χ3n) is 3.40. The Morgan fingerprint density at radius 1 is 1.23 bits per heavy atom. The topological polar surface area (TPSA) is 103 Å². The van der Waals surface area contributed by atoms with Gasteiger partial charge in [0, 0.05) is 12.1 Å². The maximum atomic E-state index is 12.1. The summed E-state index contributed by atoms with van der Waals surface area (Å²) in [6.45, 7) is 3.45. The predicted octanol–water partition coefficient (Wildman–Crippen LogP) is 2.70. The first-order valence-corrected chi connectivity index (χ1v) is 8.85. The Labute approximate surface area is 155 Å². The molecule has 8 nitrogen and oxygen atoms in total. The Morgan fingerprint density at radius 2 is 2.00 bits per heavy atom. The van der Waals surface area contributed by atoms with Gasteiger partial charge in [-0.05, 0) is 26.0 Å². The number of anilines is 2. The van der Waals surface area contributed by atoms with Crippen molar-refractivity contribution in [3.8, 4) is 11.5 Å². The van der Waals surface area contributed by atoms with Gasteiger partial charge in [0.1, 0.15) is 17.3 Å². The van der Waals surface area contributed by atoms with E-state index in [-0.39, 0.29) is 17.6 Å². The van der Waals surface area contributed by atoms with E-state index >= 15 is 0 Å². The third-order valence-corrected chi connectivity index (χ3v) is 4.54. The van der Waals surface area contributed by atoms with Crippen molar-refractivity contribution in [2.45, 2.75) is 19.1 Å². The minimum Gasteiger partial charge on any atom is -0.497 e. The monoisotopic (exact) mass is 379 g/mol. The highest BCUT2D eigenvalue weighted by molar-refractivity contribution is 8.01. The summed E-state index contributed by atoms with van der Waals surface area (Å²) < 4.78 is 15.3. The maximum absolute atomic E-state index is 12.1. The van der Waals surface area contributed by atoms with Crippen molar-refractivity contribution in [1.29, 1.82) is 0 Å². The van der Waals surface area contributed by atoms with Gasteiger partial charge in [0.25, 0.3) is 0 Å². The van der Waals surface area contributed by atoms with E-state index in [0.717, 1.165) is 0 Å². The van der Waals surface area contributed by atoms with Gasteiger partial charge in [-0.1, -0.05) is 5.16 Å². The highest BCUT2D eigenvalue weighted by Gasteiger charge is 2.17. The van der Waals surface area contributed by atoms with E-state index in [4.69, 9.17) is 14.0 Å². The summed E-state index contributed by atoms with van der Waals surface area (Å²) >= 11 is 1.21. The minimum absolute atomic E-state index is 0.113. The van der Waals surface area contributed by atoms with Crippen LogP contribution in [-0.2, 0) is 9.59 Å². The molecule has 9 heteroatoms. The van der Waals surface area contributed by atoms with Crippen molar-refractivity contribution in [2.75, 3.05) is 30.6 Å². The lowest BCUT2D eigenvalue weighted by Crippen LogP contribution is -2.25. The molecule has 26 heavy (non-hydrogen) atoms. The number of ether oxygens (including phenoxy) is 2. The Bertz CT molecular complexity index is 778. The number of carbonyl (C=O) groups is 2. The van der Waals surface area contributed by atoms with Crippen LogP contribution in [0.2, 0.25) is 0 Å². The van der Waals surface area contributed by atoms with E-state index in [1.165, 1.54) is 18.9 Å². The minimum atomic E-state index is -0.435. The molecule has 140 valence electrons. The van der Waals surface area contributed by atoms with Crippen LogP contribution < -0.4 is 20.1 Å². The van der Waals surface area contributed by atoms with E-state index in [0.29, 0.717) is 28.8 Å². The predicted molar refractivity (Wildman–Crippen MR) is 100.0 cm³/mol. The molecule has 2 amide bonds. The number of hydrogen-bond donors (Lipinski definition) is 2. The number of amides is 2. The van der Waals surface area contributed by atoms with Crippen molar-refractivity contribution in [1.82, 2.24) is 5.16 Å². The molecule has 0 aliphatic carbocycles. The number of carbonyl (C=O) groups excluding carboxylic acids is 2. The van der Waals surface area contributed by atoms with Gasteiger partial charge >= 0.3 is 0 Å². The van der Waals surface area contributed by atoms with Crippen molar-refractivity contribution in [2.24, 2.45) is 0 Å². The molecule has 2 N–H and O–H groups in total. The van der Waals surface area contributed by atoms with Crippen LogP contribution in [0.3, 0.4) is 0 Å². The summed E-state index contributed by atoms with van der Waals surface area (Å²) in [6, 6.07) is 6.72. The van der Waals surface area contributed by atoms with Crippen LogP contribution in [0, 0.1) is 6.92 Å². The molecular formula is C17H21N3O5S. The molecule has 0 spiro atoms. The smallest absolute Gasteiger partial charge is 0.238 e. The number of aromatic nitrogens is 1. The number of nitrogens with one attached hydrogen (secondary N) is 2. The van der Waals surface area contributed by atoms with Gasteiger partial charge in [0.05, 0.1) is 30.9 Å². The van der Waals surface area contributed by atoms with Gasteiger partial charge in [-0.3, -0.25) is 9.59 Å². The first-order valence-electron chi connectivity index (χ1n) is 7.80. The van der Waals surface area contributed by atoms with Crippen molar-refractivity contribution >= 4 is 35.1 Å². The lowest BCUT2D eigenvalue weighted by molar-refractivity contribution is -0.115. The summed E-state index contributed by atoms with van der Waals surface area (Å²) in [5, 5.41) is 8.67. The van der Waals surface area contributed by atoms with Crippen molar-refractivity contribution < 1.29 is 23.6 Å². The summed E-state index contributed by atoms with van der Waals surface area (Å²) in [5.41, 5.74) is 0.536. The van der Waals surface area contributed by atoms with Crippen molar-refractivity contribution in [3.05, 3.63) is 30.0 Å². The molecule has 0 fully saturated rings. The second kappa shape index (κ2) is 9.14. The number of rotatable bonds is 8. The molecule has 0 unspecified atom stereocenters. The SMILES string of the molecule is COc1ccc(NC(=O)CS[C@@H](C)C(=O)Nc2cc(C)on2)c(OC)c1. The van der Waals surface area contributed by atoms with E-state index in [9.17, 15) is 9.59 Å². The van der Waals surface area contributed by atoms with Gasteiger partial charge in [0.15, 0.2) is 5.82 Å². The molecule has 0 radical (unpaired) electrons. The van der Waals surface area contributed by atoms with E-state index in [1.807, 2.05) is 0 Å². The number of benzene rings is 1. The average Bonchev–Trinajstić information content (AvgIpc) is 3.04. The zero-order chi connectivity index (χ0) is 19.1. The summed E-state index contributed by atoms with van der Waals surface area (Å²) in [7, 11) is 3.06. The second-order valence-electron chi connectivity index (χ2n) is 5.38. The molecular weight excluding hydrogens is 358 g/mol. The Kier molecular flexibility index (Phi) is 6.90. The van der Waals surface area contributed by atoms with Gasteiger partial charge in [-0.2, -0.15) is 0 Å². The molecule has 0 saturated heterocycles. The molecule has 0 aliphatic heterocycles. The number of methoxy groups -OCH3 is 2. The lowest BCUT2D eigenvalue weighted by atomic mass is 10.2. The van der Waals surface area contributed by atoms with Crippen molar-refractivity contribution in [3.63, 3.8) is 0 Å². The zero-order valence-corrected chi connectivity index (χ0v) is 15.8.